The van der Waals surface area contributed by atoms with Crippen LogP contribution in [0.2, 0.25) is 0 Å². The zero-order chi connectivity index (χ0) is 20.6. The number of guanidine groups is 1. The predicted octanol–water partition coefficient (Wildman–Crippen LogP) is 1.97. The Hall–Kier alpha value is -2.64. The highest BCUT2D eigenvalue weighted by molar-refractivity contribution is 5.94. The summed E-state index contributed by atoms with van der Waals surface area (Å²) >= 11 is 0. The lowest BCUT2D eigenvalue weighted by atomic mass is 9.84. The second-order valence-corrected chi connectivity index (χ2v) is 7.29. The van der Waals surface area contributed by atoms with E-state index in [4.69, 9.17) is 0 Å². The molecule has 7 nitrogen and oxygen atoms in total. The van der Waals surface area contributed by atoms with Crippen molar-refractivity contribution >= 4 is 23.5 Å². The van der Waals surface area contributed by atoms with Crippen LogP contribution in [0, 0.1) is 11.2 Å². The first-order chi connectivity index (χ1) is 13.4. The molecule has 1 aliphatic rings. The standard InChI is InChI=1S/C20H30FN5O2/c1-4-22-19(23-13-17(27)25-16-9-7-15(21)8-10-16)24-14-20(11-5-6-12-20)18(28)26(2)3/h7-10H,4-6,11-14H2,1-3H3,(H,25,27)(H2,22,23,24). The van der Waals surface area contributed by atoms with Crippen LogP contribution in [0.1, 0.15) is 32.6 Å². The summed E-state index contributed by atoms with van der Waals surface area (Å²) in [6.07, 6.45) is 3.77. The van der Waals surface area contributed by atoms with Gasteiger partial charge in [-0.1, -0.05) is 12.8 Å². The lowest BCUT2D eigenvalue weighted by molar-refractivity contribution is -0.138. The van der Waals surface area contributed by atoms with Crippen LogP contribution in [-0.4, -0.2) is 56.4 Å². The minimum atomic E-state index is -0.421. The van der Waals surface area contributed by atoms with E-state index < -0.39 is 5.41 Å². The van der Waals surface area contributed by atoms with E-state index in [1.807, 2.05) is 6.92 Å². The molecule has 1 fully saturated rings. The molecule has 1 aromatic rings. The maximum absolute atomic E-state index is 12.9. The number of rotatable bonds is 7. The molecule has 0 radical (unpaired) electrons. The van der Waals surface area contributed by atoms with E-state index in [0.717, 1.165) is 25.7 Å². The van der Waals surface area contributed by atoms with Crippen molar-refractivity contribution in [3.05, 3.63) is 30.1 Å². The smallest absolute Gasteiger partial charge is 0.246 e. The van der Waals surface area contributed by atoms with Gasteiger partial charge in [0, 0.05) is 32.9 Å². The number of amides is 2. The number of anilines is 1. The van der Waals surface area contributed by atoms with E-state index in [1.165, 1.54) is 24.3 Å². The molecule has 154 valence electrons. The molecular formula is C20H30FN5O2. The van der Waals surface area contributed by atoms with Crippen molar-refractivity contribution in [1.29, 1.82) is 0 Å². The summed E-state index contributed by atoms with van der Waals surface area (Å²) in [4.78, 5) is 30.7. The van der Waals surface area contributed by atoms with Gasteiger partial charge in [0.15, 0.2) is 5.96 Å². The molecule has 2 rings (SSSR count). The number of nitrogens with zero attached hydrogens (tertiary/aromatic N) is 2. The molecule has 1 aromatic carbocycles. The van der Waals surface area contributed by atoms with Gasteiger partial charge >= 0.3 is 0 Å². The monoisotopic (exact) mass is 391 g/mol. The summed E-state index contributed by atoms with van der Waals surface area (Å²) in [7, 11) is 3.56. The highest BCUT2D eigenvalue weighted by Gasteiger charge is 2.42. The number of carbonyl (C=O) groups is 2. The van der Waals surface area contributed by atoms with Gasteiger partial charge in [0.1, 0.15) is 12.4 Å². The van der Waals surface area contributed by atoms with E-state index in [0.29, 0.717) is 24.7 Å². The summed E-state index contributed by atoms with van der Waals surface area (Å²) in [6, 6.07) is 5.56. The summed E-state index contributed by atoms with van der Waals surface area (Å²) in [6.45, 7) is 2.98. The van der Waals surface area contributed by atoms with Crippen LogP contribution in [0.5, 0.6) is 0 Å². The van der Waals surface area contributed by atoms with Crippen LogP contribution in [0.4, 0.5) is 10.1 Å². The largest absolute Gasteiger partial charge is 0.357 e. The maximum atomic E-state index is 12.9. The number of hydrogen-bond acceptors (Lipinski definition) is 3. The van der Waals surface area contributed by atoms with Gasteiger partial charge < -0.3 is 20.9 Å². The molecule has 0 heterocycles. The highest BCUT2D eigenvalue weighted by Crippen LogP contribution is 2.38. The van der Waals surface area contributed by atoms with Gasteiger partial charge in [0.05, 0.1) is 5.41 Å². The fourth-order valence-corrected chi connectivity index (χ4v) is 3.47. The molecule has 28 heavy (non-hydrogen) atoms. The highest BCUT2D eigenvalue weighted by atomic mass is 19.1. The van der Waals surface area contributed by atoms with E-state index in [9.17, 15) is 14.0 Å². The Balaban J connectivity index is 1.96. The second kappa shape index (κ2) is 10.1. The molecule has 3 N–H and O–H groups in total. The van der Waals surface area contributed by atoms with Crippen molar-refractivity contribution in [3.8, 4) is 0 Å². The quantitative estimate of drug-likeness (QED) is 0.490. The van der Waals surface area contributed by atoms with Gasteiger partial charge in [0.2, 0.25) is 11.8 Å². The second-order valence-electron chi connectivity index (χ2n) is 7.29. The van der Waals surface area contributed by atoms with Crippen LogP contribution in [0.15, 0.2) is 29.3 Å². The van der Waals surface area contributed by atoms with E-state index >= 15 is 0 Å². The van der Waals surface area contributed by atoms with Crippen LogP contribution in [0.25, 0.3) is 0 Å². The van der Waals surface area contributed by atoms with Gasteiger partial charge in [-0.2, -0.15) is 0 Å². The third-order valence-corrected chi connectivity index (χ3v) is 4.87. The molecule has 0 aliphatic heterocycles. The molecule has 2 amide bonds. The number of benzene rings is 1. The molecule has 1 saturated carbocycles. The van der Waals surface area contributed by atoms with Crippen molar-refractivity contribution in [2.24, 2.45) is 10.4 Å². The molecule has 0 bridgehead atoms. The zero-order valence-electron chi connectivity index (χ0n) is 16.8. The first kappa shape index (κ1) is 21.7. The topological polar surface area (TPSA) is 85.8 Å². The van der Waals surface area contributed by atoms with Gasteiger partial charge in [-0.05, 0) is 44.0 Å². The average molecular weight is 391 g/mol. The Bertz CT molecular complexity index is 697. The number of halogens is 1. The van der Waals surface area contributed by atoms with Crippen LogP contribution in [-0.2, 0) is 9.59 Å². The first-order valence-electron chi connectivity index (χ1n) is 9.65. The van der Waals surface area contributed by atoms with Gasteiger partial charge in [-0.25, -0.2) is 9.38 Å². The van der Waals surface area contributed by atoms with E-state index in [1.54, 1.807) is 19.0 Å². The molecule has 8 heteroatoms. The van der Waals surface area contributed by atoms with Crippen LogP contribution < -0.4 is 16.0 Å². The molecule has 0 unspecified atom stereocenters. The number of aliphatic imine (C=N–C) groups is 1. The number of nitrogens with one attached hydrogen (secondary N) is 3. The van der Waals surface area contributed by atoms with Crippen molar-refractivity contribution in [1.82, 2.24) is 15.5 Å². The lowest BCUT2D eigenvalue weighted by Gasteiger charge is -2.31. The average Bonchev–Trinajstić information content (AvgIpc) is 3.15. The third-order valence-electron chi connectivity index (χ3n) is 4.87. The summed E-state index contributed by atoms with van der Waals surface area (Å²) in [5.41, 5.74) is 0.0943. The van der Waals surface area contributed by atoms with Crippen molar-refractivity contribution in [2.45, 2.75) is 32.6 Å². The zero-order valence-corrected chi connectivity index (χ0v) is 16.8. The predicted molar refractivity (Wildman–Crippen MR) is 109 cm³/mol. The van der Waals surface area contributed by atoms with Crippen molar-refractivity contribution < 1.29 is 14.0 Å². The van der Waals surface area contributed by atoms with E-state index in [2.05, 4.69) is 20.9 Å². The Morgan fingerprint density at radius 2 is 1.79 bits per heavy atom. The molecule has 1 aliphatic carbocycles. The van der Waals surface area contributed by atoms with Crippen LogP contribution in [0.3, 0.4) is 0 Å². The van der Waals surface area contributed by atoms with Gasteiger partial charge in [-0.3, -0.25) is 9.59 Å². The minimum Gasteiger partial charge on any atom is -0.357 e. The Morgan fingerprint density at radius 1 is 1.14 bits per heavy atom. The molecule has 0 aromatic heterocycles. The van der Waals surface area contributed by atoms with Crippen LogP contribution >= 0.6 is 0 Å². The summed E-state index contributed by atoms with van der Waals surface area (Å²) in [5, 5.41) is 9.01. The summed E-state index contributed by atoms with van der Waals surface area (Å²) in [5.74, 6) is -0.0384. The van der Waals surface area contributed by atoms with Crippen molar-refractivity contribution in [3.63, 3.8) is 0 Å². The molecule has 0 spiro atoms. The molecule has 0 atom stereocenters. The fraction of sp³-hybridized carbons (Fsp3) is 0.550. The normalized spacial score (nSPS) is 15.8. The summed E-state index contributed by atoms with van der Waals surface area (Å²) < 4.78 is 12.9. The molecule has 0 saturated heterocycles. The Labute approximate surface area is 165 Å². The minimum absolute atomic E-state index is 0.0820. The fourth-order valence-electron chi connectivity index (χ4n) is 3.47. The number of hydrogen-bond donors (Lipinski definition) is 3. The SMILES string of the molecule is CCNC(=NCC(=O)Nc1ccc(F)cc1)NCC1(C(=O)N(C)C)CCCC1. The number of carbonyl (C=O) groups excluding carboxylic acids is 2. The molecular weight excluding hydrogens is 361 g/mol. The Morgan fingerprint density at radius 3 is 2.36 bits per heavy atom. The Kier molecular flexibility index (Phi) is 7.78. The van der Waals surface area contributed by atoms with Gasteiger partial charge in [0.25, 0.3) is 0 Å². The maximum Gasteiger partial charge on any atom is 0.246 e. The lowest BCUT2D eigenvalue weighted by Crippen LogP contribution is -2.49. The van der Waals surface area contributed by atoms with Gasteiger partial charge in [-0.15, -0.1) is 0 Å². The van der Waals surface area contributed by atoms with Crippen molar-refractivity contribution in [2.75, 3.05) is 39.0 Å². The third kappa shape index (κ3) is 5.94. The van der Waals surface area contributed by atoms with E-state index in [-0.39, 0.29) is 24.2 Å². The first-order valence-corrected chi connectivity index (χ1v) is 9.65.